The number of fused-ring (bicyclic) bond motifs is 2. The molecule has 3 aromatic rings. The van der Waals surface area contributed by atoms with Gasteiger partial charge in [0.2, 0.25) is 0 Å². The first kappa shape index (κ1) is 15.9. The molecule has 3 aromatic heterocycles. The Morgan fingerprint density at radius 1 is 1.24 bits per heavy atom. The molecule has 4 rings (SSSR count). The van der Waals surface area contributed by atoms with Crippen LogP contribution in [0.1, 0.15) is 46.7 Å². The zero-order chi connectivity index (χ0) is 17.8. The maximum Gasteiger partial charge on any atom is 0.258 e. The summed E-state index contributed by atoms with van der Waals surface area (Å²) in [7, 11) is 0. The summed E-state index contributed by atoms with van der Waals surface area (Å²) in [6, 6.07) is 4.03. The number of nitrogens with one attached hydrogen (secondary N) is 1. The van der Waals surface area contributed by atoms with Gasteiger partial charge >= 0.3 is 0 Å². The second-order valence-corrected chi connectivity index (χ2v) is 7.83. The molecule has 6 heteroatoms. The third-order valence-electron chi connectivity index (χ3n) is 5.15. The Kier molecular flexibility index (Phi) is 3.45. The topological polar surface area (TPSA) is 66.3 Å². The number of aryl methyl sites for hydroxylation is 2. The lowest BCUT2D eigenvalue weighted by atomic mass is 9.87. The van der Waals surface area contributed by atoms with Gasteiger partial charge in [-0.3, -0.25) is 9.89 Å². The van der Waals surface area contributed by atoms with Gasteiger partial charge in [0.1, 0.15) is 0 Å². The van der Waals surface area contributed by atoms with Gasteiger partial charge in [0, 0.05) is 30.0 Å². The molecule has 25 heavy (non-hydrogen) atoms. The monoisotopic (exact) mass is 337 g/mol. The van der Waals surface area contributed by atoms with Crippen molar-refractivity contribution in [2.45, 2.75) is 40.7 Å². The molecular weight excluding hydrogens is 314 g/mol. The lowest BCUT2D eigenvalue weighted by Crippen LogP contribution is -2.37. The largest absolute Gasteiger partial charge is 0.334 e. The summed E-state index contributed by atoms with van der Waals surface area (Å²) in [6.07, 6.45) is 4.41. The normalized spacial score (nSPS) is 16.7. The van der Waals surface area contributed by atoms with Crippen molar-refractivity contribution < 1.29 is 4.79 Å². The number of pyridine rings is 1. The lowest BCUT2D eigenvalue weighted by Gasteiger charge is -2.29. The summed E-state index contributed by atoms with van der Waals surface area (Å²) in [5.41, 5.74) is 5.96. The number of amides is 1. The van der Waals surface area contributed by atoms with Gasteiger partial charge in [-0.25, -0.2) is 4.52 Å². The smallest absolute Gasteiger partial charge is 0.258 e. The minimum absolute atomic E-state index is 0.0110. The number of hydrogen-bond donors (Lipinski definition) is 1. The molecule has 0 radical (unpaired) electrons. The van der Waals surface area contributed by atoms with E-state index in [4.69, 9.17) is 0 Å². The number of nitrogens with zero attached hydrogens (tertiary/aromatic N) is 4. The van der Waals surface area contributed by atoms with E-state index in [1.165, 1.54) is 0 Å². The van der Waals surface area contributed by atoms with E-state index in [-0.39, 0.29) is 11.3 Å². The highest BCUT2D eigenvalue weighted by atomic mass is 16.2. The fraction of sp³-hybridized carbons (Fsp3) is 0.421. The molecule has 1 amide bonds. The zero-order valence-electron chi connectivity index (χ0n) is 15.1. The molecule has 0 aromatic carbocycles. The van der Waals surface area contributed by atoms with Crippen molar-refractivity contribution in [3.63, 3.8) is 0 Å². The van der Waals surface area contributed by atoms with Crippen LogP contribution in [0, 0.1) is 19.3 Å². The van der Waals surface area contributed by atoms with E-state index in [0.29, 0.717) is 18.7 Å². The zero-order valence-corrected chi connectivity index (χ0v) is 15.1. The Morgan fingerprint density at radius 3 is 2.84 bits per heavy atom. The highest BCUT2D eigenvalue weighted by Crippen LogP contribution is 2.30. The number of aromatic amines is 1. The fourth-order valence-electron chi connectivity index (χ4n) is 3.70. The van der Waals surface area contributed by atoms with Gasteiger partial charge in [0.15, 0.2) is 0 Å². The molecule has 0 spiro atoms. The van der Waals surface area contributed by atoms with Gasteiger partial charge in [-0.1, -0.05) is 19.9 Å². The van der Waals surface area contributed by atoms with Crippen molar-refractivity contribution in [3.05, 3.63) is 52.6 Å². The molecule has 6 nitrogen and oxygen atoms in total. The SMILES string of the molecule is Cc1ccc2c(C(=O)N3Cc4cn[nH]c4CC(C)(C)C3)cnn2c1C. The molecule has 0 aliphatic carbocycles. The maximum absolute atomic E-state index is 13.3. The number of hydrogen-bond acceptors (Lipinski definition) is 3. The Morgan fingerprint density at radius 2 is 2.04 bits per heavy atom. The van der Waals surface area contributed by atoms with Gasteiger partial charge in [-0.15, -0.1) is 0 Å². The predicted octanol–water partition coefficient (Wildman–Crippen LogP) is 2.90. The van der Waals surface area contributed by atoms with Crippen molar-refractivity contribution >= 4 is 11.4 Å². The van der Waals surface area contributed by atoms with Crippen LogP contribution in [0.15, 0.2) is 24.5 Å². The second kappa shape index (κ2) is 5.44. The van der Waals surface area contributed by atoms with E-state index in [0.717, 1.165) is 34.5 Å². The third-order valence-corrected chi connectivity index (χ3v) is 5.15. The Labute approximate surface area is 146 Å². The average molecular weight is 337 g/mol. The van der Waals surface area contributed by atoms with Crippen LogP contribution in [0.3, 0.4) is 0 Å². The minimum atomic E-state index is -0.0110. The van der Waals surface area contributed by atoms with Crippen LogP contribution in [0.5, 0.6) is 0 Å². The first-order valence-corrected chi connectivity index (χ1v) is 8.60. The molecule has 1 N–H and O–H groups in total. The van der Waals surface area contributed by atoms with E-state index < -0.39 is 0 Å². The fourth-order valence-corrected chi connectivity index (χ4v) is 3.70. The summed E-state index contributed by atoms with van der Waals surface area (Å²) >= 11 is 0. The van der Waals surface area contributed by atoms with E-state index in [1.54, 1.807) is 6.20 Å². The molecule has 4 heterocycles. The molecule has 0 fully saturated rings. The summed E-state index contributed by atoms with van der Waals surface area (Å²) in [6.45, 7) is 9.73. The van der Waals surface area contributed by atoms with Gasteiger partial charge in [0.25, 0.3) is 5.91 Å². The Hall–Kier alpha value is -2.63. The summed E-state index contributed by atoms with van der Waals surface area (Å²) < 4.78 is 1.86. The first-order chi connectivity index (χ1) is 11.9. The van der Waals surface area contributed by atoms with E-state index in [2.05, 4.69) is 36.1 Å². The van der Waals surface area contributed by atoms with Crippen LogP contribution >= 0.6 is 0 Å². The minimum Gasteiger partial charge on any atom is -0.334 e. The van der Waals surface area contributed by atoms with Crippen LogP contribution in [-0.4, -0.2) is 37.2 Å². The van der Waals surface area contributed by atoms with Crippen LogP contribution in [0.2, 0.25) is 0 Å². The number of H-pyrrole nitrogens is 1. The van der Waals surface area contributed by atoms with Crippen LogP contribution in [0.4, 0.5) is 0 Å². The quantitative estimate of drug-likeness (QED) is 0.742. The molecule has 0 saturated carbocycles. The van der Waals surface area contributed by atoms with Crippen molar-refractivity contribution in [1.29, 1.82) is 0 Å². The molecule has 0 atom stereocenters. The third kappa shape index (κ3) is 2.62. The summed E-state index contributed by atoms with van der Waals surface area (Å²) in [5.74, 6) is 0.0281. The molecule has 1 aliphatic heterocycles. The molecule has 0 saturated heterocycles. The van der Waals surface area contributed by atoms with Crippen molar-refractivity contribution in [1.82, 2.24) is 24.7 Å². The predicted molar refractivity (Wildman–Crippen MR) is 95.5 cm³/mol. The van der Waals surface area contributed by atoms with Gasteiger partial charge in [-0.05, 0) is 37.3 Å². The van der Waals surface area contributed by atoms with Crippen LogP contribution in [0.25, 0.3) is 5.52 Å². The molecule has 130 valence electrons. The van der Waals surface area contributed by atoms with Crippen LogP contribution in [-0.2, 0) is 13.0 Å². The summed E-state index contributed by atoms with van der Waals surface area (Å²) in [4.78, 5) is 15.2. The van der Waals surface area contributed by atoms with Gasteiger partial charge in [-0.2, -0.15) is 10.2 Å². The number of carbonyl (C=O) groups is 1. The molecule has 0 bridgehead atoms. The van der Waals surface area contributed by atoms with E-state index in [9.17, 15) is 4.79 Å². The van der Waals surface area contributed by atoms with Crippen molar-refractivity contribution in [2.75, 3.05) is 6.54 Å². The lowest BCUT2D eigenvalue weighted by molar-refractivity contribution is 0.0682. The van der Waals surface area contributed by atoms with E-state index in [1.807, 2.05) is 34.7 Å². The van der Waals surface area contributed by atoms with E-state index >= 15 is 0 Å². The second-order valence-electron chi connectivity index (χ2n) is 7.83. The van der Waals surface area contributed by atoms with Crippen molar-refractivity contribution in [3.8, 4) is 0 Å². The highest BCUT2D eigenvalue weighted by Gasteiger charge is 2.32. The number of aromatic nitrogens is 4. The van der Waals surface area contributed by atoms with Gasteiger partial charge < -0.3 is 4.90 Å². The van der Waals surface area contributed by atoms with Gasteiger partial charge in [0.05, 0.1) is 23.5 Å². The average Bonchev–Trinajstić information content (AvgIpc) is 3.14. The maximum atomic E-state index is 13.3. The standard InChI is InChI=1S/C19H23N5O/c1-12-5-6-17-15(9-21-24(17)13(12)2)18(25)23-10-14-8-20-22-16(14)7-19(3,4)11-23/h5-6,8-9H,7,10-11H2,1-4H3,(H,20,22). The Balaban J connectivity index is 1.75. The first-order valence-electron chi connectivity index (χ1n) is 8.60. The summed E-state index contributed by atoms with van der Waals surface area (Å²) in [5, 5.41) is 11.7. The molecular formula is C19H23N5O. The highest BCUT2D eigenvalue weighted by molar-refractivity contribution is 6.00. The van der Waals surface area contributed by atoms with Crippen LogP contribution < -0.4 is 0 Å². The Bertz CT molecular complexity index is 966. The number of rotatable bonds is 1. The molecule has 1 aliphatic rings. The van der Waals surface area contributed by atoms with Crippen molar-refractivity contribution in [2.24, 2.45) is 5.41 Å². The molecule has 0 unspecified atom stereocenters. The number of carbonyl (C=O) groups excluding carboxylic acids is 1.